The molecule has 9 nitrogen and oxygen atoms in total. The van der Waals surface area contributed by atoms with E-state index in [9.17, 15) is 9.90 Å². The number of aliphatic carboxylic acids is 1. The third-order valence-corrected chi connectivity index (χ3v) is 9.02. The molecule has 1 saturated heterocycles. The zero-order valence-electron chi connectivity index (χ0n) is 28.8. The molecule has 48 heavy (non-hydrogen) atoms. The number of rotatable bonds is 3. The van der Waals surface area contributed by atoms with Gasteiger partial charge in [0.15, 0.2) is 11.8 Å². The standard InChI is InChI=1S/C38H45FN4O5/c1-23-19-28(39)33-27-13-10-12-26(21-27)29-22-31-40-25(3)32(34(36(44)45)48-37(4,5)6)35(43(31)41-29)42-16-14-38(7,15-17-42)46-18-9-8-11-24(2)47-30(33)20-23/h8-10,12-13,19-22,24,34H,11,14-18H2,1-7H3,(H,44,45)/b9-8-/t24-,34-/m0/s1. The van der Waals surface area contributed by atoms with E-state index < -0.39 is 17.7 Å². The van der Waals surface area contributed by atoms with E-state index in [1.54, 1.807) is 4.52 Å². The van der Waals surface area contributed by atoms with Gasteiger partial charge in [-0.25, -0.2) is 14.2 Å². The van der Waals surface area contributed by atoms with Gasteiger partial charge in [-0.3, -0.25) is 0 Å². The topological polar surface area (TPSA) is 98.4 Å². The van der Waals surface area contributed by atoms with E-state index in [-0.39, 0.29) is 17.5 Å². The molecule has 0 unspecified atom stereocenters. The molecule has 2 aromatic heterocycles. The van der Waals surface area contributed by atoms with Gasteiger partial charge in [0.25, 0.3) is 0 Å². The van der Waals surface area contributed by atoms with Crippen LogP contribution in [0.1, 0.15) is 76.8 Å². The van der Waals surface area contributed by atoms with Crippen molar-refractivity contribution in [3.8, 4) is 28.1 Å². The van der Waals surface area contributed by atoms with Gasteiger partial charge >= 0.3 is 5.97 Å². The molecule has 6 bridgehead atoms. The first-order chi connectivity index (χ1) is 22.7. The fraction of sp³-hybridized carbons (Fsp3) is 0.447. The van der Waals surface area contributed by atoms with Crippen LogP contribution in [0.3, 0.4) is 0 Å². The van der Waals surface area contributed by atoms with Crippen molar-refractivity contribution in [2.45, 2.75) is 91.1 Å². The molecular formula is C38H45FN4O5. The van der Waals surface area contributed by atoms with Gasteiger partial charge in [0.05, 0.1) is 40.7 Å². The Morgan fingerprint density at radius 3 is 2.54 bits per heavy atom. The SMILES string of the molecule is Cc1cc(F)c2c(c1)O[C@@H](C)C/C=C\COC1(C)CCN(CC1)c1c([C@H](OC(C)(C)C)C(=O)O)c(C)nc3cc(nn13)-c1cccc-2c1. The third kappa shape index (κ3) is 6.96. The van der Waals surface area contributed by atoms with E-state index in [1.165, 1.54) is 6.07 Å². The molecule has 0 saturated carbocycles. The number of hydrogen-bond acceptors (Lipinski definition) is 7. The van der Waals surface area contributed by atoms with E-state index in [1.807, 2.05) is 90.1 Å². The van der Waals surface area contributed by atoms with Crippen molar-refractivity contribution < 1.29 is 28.5 Å². The average molecular weight is 657 g/mol. The van der Waals surface area contributed by atoms with Crippen LogP contribution in [0, 0.1) is 19.7 Å². The van der Waals surface area contributed by atoms with Crippen molar-refractivity contribution in [2.75, 3.05) is 24.6 Å². The Bertz CT molecular complexity index is 1870. The van der Waals surface area contributed by atoms with Crippen LogP contribution in [0.4, 0.5) is 10.2 Å². The Balaban J connectivity index is 1.56. The molecule has 0 spiro atoms. The minimum absolute atomic E-state index is 0.189. The van der Waals surface area contributed by atoms with Gasteiger partial charge in [0.2, 0.25) is 0 Å². The van der Waals surface area contributed by atoms with Crippen LogP contribution in [0.15, 0.2) is 54.6 Å². The van der Waals surface area contributed by atoms with Crippen molar-refractivity contribution in [2.24, 2.45) is 0 Å². The van der Waals surface area contributed by atoms with E-state index >= 15 is 4.39 Å². The largest absolute Gasteiger partial charge is 0.490 e. The normalized spacial score (nSPS) is 21.5. The van der Waals surface area contributed by atoms with E-state index in [0.29, 0.717) is 71.4 Å². The number of halogens is 1. The first kappa shape index (κ1) is 33.6. The second-order valence-corrected chi connectivity index (χ2v) is 14.3. The summed E-state index contributed by atoms with van der Waals surface area (Å²) in [4.78, 5) is 19.8. The zero-order chi connectivity index (χ0) is 34.4. The third-order valence-electron chi connectivity index (χ3n) is 9.02. The molecule has 1 N–H and O–H groups in total. The van der Waals surface area contributed by atoms with Gasteiger partial charge in [0.1, 0.15) is 17.4 Å². The maximum atomic E-state index is 15.7. The highest BCUT2D eigenvalue weighted by atomic mass is 19.1. The maximum absolute atomic E-state index is 15.7. The molecular weight excluding hydrogens is 611 g/mol. The van der Waals surface area contributed by atoms with Crippen LogP contribution >= 0.6 is 0 Å². The number of carboxylic acid groups (broad SMARTS) is 1. The molecule has 0 amide bonds. The van der Waals surface area contributed by atoms with Gasteiger partial charge in [-0.05, 0) is 90.6 Å². The summed E-state index contributed by atoms with van der Waals surface area (Å²) in [7, 11) is 0. The van der Waals surface area contributed by atoms with Crippen LogP contribution in [-0.4, -0.2) is 62.7 Å². The summed E-state index contributed by atoms with van der Waals surface area (Å²) >= 11 is 0. The molecule has 0 radical (unpaired) electrons. The highest BCUT2D eigenvalue weighted by Crippen LogP contribution is 2.40. The maximum Gasteiger partial charge on any atom is 0.337 e. The number of carbonyl (C=O) groups is 1. The number of benzene rings is 2. The van der Waals surface area contributed by atoms with Crippen molar-refractivity contribution in [3.05, 3.63) is 77.3 Å². The number of anilines is 1. The second kappa shape index (κ2) is 13.0. The van der Waals surface area contributed by atoms with Gasteiger partial charge in [-0.2, -0.15) is 9.61 Å². The molecule has 4 aromatic rings. The Labute approximate surface area is 281 Å². The summed E-state index contributed by atoms with van der Waals surface area (Å²) in [6.45, 7) is 15.0. The molecule has 3 aliphatic heterocycles. The molecule has 10 heteroatoms. The monoisotopic (exact) mass is 656 g/mol. The molecule has 1 fully saturated rings. The molecule has 2 aromatic carbocycles. The van der Waals surface area contributed by atoms with E-state index in [4.69, 9.17) is 24.3 Å². The highest BCUT2D eigenvalue weighted by molar-refractivity contribution is 5.80. The van der Waals surface area contributed by atoms with Crippen molar-refractivity contribution in [1.82, 2.24) is 14.6 Å². The summed E-state index contributed by atoms with van der Waals surface area (Å²) in [5.74, 6) is -0.342. The Hall–Kier alpha value is -4.28. The van der Waals surface area contributed by atoms with Crippen molar-refractivity contribution in [1.29, 1.82) is 0 Å². The minimum Gasteiger partial charge on any atom is -0.490 e. The first-order valence-electron chi connectivity index (χ1n) is 16.6. The second-order valence-electron chi connectivity index (χ2n) is 14.3. The van der Waals surface area contributed by atoms with Gasteiger partial charge in [-0.15, -0.1) is 0 Å². The van der Waals surface area contributed by atoms with Crippen LogP contribution in [0.5, 0.6) is 5.75 Å². The predicted molar refractivity (Wildman–Crippen MR) is 184 cm³/mol. The fourth-order valence-corrected chi connectivity index (χ4v) is 6.58. The number of nitrogens with zero attached hydrogens (tertiary/aromatic N) is 4. The highest BCUT2D eigenvalue weighted by Gasteiger charge is 2.38. The summed E-state index contributed by atoms with van der Waals surface area (Å²) in [5.41, 5.74) is 3.72. The number of hydrogen-bond donors (Lipinski definition) is 1. The Morgan fingerprint density at radius 2 is 1.83 bits per heavy atom. The van der Waals surface area contributed by atoms with E-state index in [2.05, 4.69) is 11.8 Å². The summed E-state index contributed by atoms with van der Waals surface area (Å²) in [6.07, 6.45) is 4.71. The Kier molecular flexibility index (Phi) is 9.08. The molecule has 3 aliphatic rings. The minimum atomic E-state index is -1.27. The number of piperidine rings is 1. The molecule has 2 atom stereocenters. The summed E-state index contributed by atoms with van der Waals surface area (Å²) in [5, 5.41) is 15.5. The molecule has 254 valence electrons. The van der Waals surface area contributed by atoms with Gasteiger partial charge < -0.3 is 24.2 Å². The number of aryl methyl sites for hydroxylation is 2. The lowest BCUT2D eigenvalue weighted by molar-refractivity contribution is -0.160. The smallest absolute Gasteiger partial charge is 0.337 e. The van der Waals surface area contributed by atoms with Crippen molar-refractivity contribution in [3.63, 3.8) is 0 Å². The lowest BCUT2D eigenvalue weighted by Crippen LogP contribution is -2.45. The zero-order valence-corrected chi connectivity index (χ0v) is 28.8. The number of fused-ring (bicyclic) bond motifs is 7. The van der Waals surface area contributed by atoms with Crippen molar-refractivity contribution >= 4 is 17.4 Å². The summed E-state index contributed by atoms with van der Waals surface area (Å²) in [6, 6.07) is 12.9. The Morgan fingerprint density at radius 1 is 1.10 bits per heavy atom. The quantitative estimate of drug-likeness (QED) is 0.223. The first-order valence-corrected chi connectivity index (χ1v) is 16.6. The number of carboxylic acids is 1. The lowest BCUT2D eigenvalue weighted by atomic mass is 9.92. The van der Waals surface area contributed by atoms with Crippen LogP contribution < -0.4 is 9.64 Å². The van der Waals surface area contributed by atoms with Crippen LogP contribution in [-0.2, 0) is 14.3 Å². The number of aromatic nitrogens is 3. The fourth-order valence-electron chi connectivity index (χ4n) is 6.58. The lowest BCUT2D eigenvalue weighted by Gasteiger charge is -2.41. The average Bonchev–Trinajstić information content (AvgIpc) is 3.42. The van der Waals surface area contributed by atoms with Crippen LogP contribution in [0.25, 0.3) is 28.0 Å². The molecule has 0 aliphatic carbocycles. The summed E-state index contributed by atoms with van der Waals surface area (Å²) < 4.78 is 36.4. The van der Waals surface area contributed by atoms with Gasteiger partial charge in [0, 0.05) is 36.8 Å². The predicted octanol–water partition coefficient (Wildman–Crippen LogP) is 7.86. The van der Waals surface area contributed by atoms with E-state index in [0.717, 1.165) is 24.0 Å². The van der Waals surface area contributed by atoms with Crippen LogP contribution in [0.2, 0.25) is 0 Å². The molecule has 7 rings (SSSR count). The van der Waals surface area contributed by atoms with Gasteiger partial charge in [-0.1, -0.05) is 30.4 Å². The number of ether oxygens (including phenoxy) is 3. The molecule has 5 heterocycles.